The summed E-state index contributed by atoms with van der Waals surface area (Å²) < 4.78 is 23.4. The Labute approximate surface area is 124 Å². The highest BCUT2D eigenvalue weighted by atomic mass is 35.5. The van der Waals surface area contributed by atoms with Crippen molar-refractivity contribution in [1.82, 2.24) is 0 Å². The standard InChI is InChI=1S/C15H16ClNO2S/c1-2-20(18,19)15-9-7-14(8-10-15)17-13-5-3-12(11-16)4-6-13/h3-10,17H,2,11H2,1H3. The van der Waals surface area contributed by atoms with Crippen LogP contribution in [0.2, 0.25) is 0 Å². The third-order valence-corrected chi connectivity index (χ3v) is 5.05. The van der Waals surface area contributed by atoms with Crippen molar-refractivity contribution in [3.63, 3.8) is 0 Å². The van der Waals surface area contributed by atoms with E-state index in [2.05, 4.69) is 5.32 Å². The summed E-state index contributed by atoms with van der Waals surface area (Å²) >= 11 is 5.74. The fourth-order valence-electron chi connectivity index (χ4n) is 1.76. The van der Waals surface area contributed by atoms with Gasteiger partial charge in [-0.3, -0.25) is 0 Å². The summed E-state index contributed by atoms with van der Waals surface area (Å²) in [5.74, 6) is 0.601. The fraction of sp³-hybridized carbons (Fsp3) is 0.200. The number of alkyl halides is 1. The summed E-state index contributed by atoms with van der Waals surface area (Å²) in [5.41, 5.74) is 2.84. The van der Waals surface area contributed by atoms with Crippen LogP contribution < -0.4 is 5.32 Å². The highest BCUT2D eigenvalue weighted by molar-refractivity contribution is 7.91. The molecule has 0 atom stereocenters. The SMILES string of the molecule is CCS(=O)(=O)c1ccc(Nc2ccc(CCl)cc2)cc1. The number of halogens is 1. The molecule has 5 heteroatoms. The molecule has 0 radical (unpaired) electrons. The number of rotatable bonds is 5. The molecular formula is C15H16ClNO2S. The molecule has 0 saturated heterocycles. The Balaban J connectivity index is 2.14. The molecule has 2 aromatic rings. The van der Waals surface area contributed by atoms with Crippen molar-refractivity contribution in [3.05, 3.63) is 54.1 Å². The molecule has 0 heterocycles. The Bertz CT molecular complexity index is 664. The first-order chi connectivity index (χ1) is 9.55. The van der Waals surface area contributed by atoms with Gasteiger partial charge in [-0.05, 0) is 42.0 Å². The van der Waals surface area contributed by atoms with E-state index in [1.165, 1.54) is 0 Å². The molecule has 2 rings (SSSR count). The zero-order valence-corrected chi connectivity index (χ0v) is 12.7. The van der Waals surface area contributed by atoms with Crippen LogP contribution in [0.3, 0.4) is 0 Å². The number of nitrogens with one attached hydrogen (secondary N) is 1. The average molecular weight is 310 g/mol. The van der Waals surface area contributed by atoms with Gasteiger partial charge in [0.05, 0.1) is 10.6 Å². The van der Waals surface area contributed by atoms with Crippen LogP contribution in [0.4, 0.5) is 11.4 Å². The van der Waals surface area contributed by atoms with Gasteiger partial charge in [-0.2, -0.15) is 0 Å². The smallest absolute Gasteiger partial charge is 0.178 e. The summed E-state index contributed by atoms with van der Waals surface area (Å²) in [5, 5.41) is 3.21. The first-order valence-electron chi connectivity index (χ1n) is 6.30. The second-order valence-corrected chi connectivity index (χ2v) is 6.93. The van der Waals surface area contributed by atoms with Gasteiger partial charge < -0.3 is 5.32 Å². The lowest BCUT2D eigenvalue weighted by Gasteiger charge is -2.08. The van der Waals surface area contributed by atoms with Crippen LogP contribution in [-0.2, 0) is 15.7 Å². The minimum atomic E-state index is -3.14. The van der Waals surface area contributed by atoms with Crippen LogP contribution >= 0.6 is 11.6 Å². The number of sulfone groups is 1. The molecular weight excluding hydrogens is 294 g/mol. The van der Waals surface area contributed by atoms with Crippen LogP contribution in [0.5, 0.6) is 0 Å². The molecule has 1 N–H and O–H groups in total. The van der Waals surface area contributed by atoms with Crippen molar-refractivity contribution in [2.45, 2.75) is 17.7 Å². The molecule has 3 nitrogen and oxygen atoms in total. The predicted octanol–water partition coefficient (Wildman–Crippen LogP) is 3.96. The van der Waals surface area contributed by atoms with Gasteiger partial charge in [-0.1, -0.05) is 19.1 Å². The minimum Gasteiger partial charge on any atom is -0.356 e. The second kappa shape index (κ2) is 6.29. The van der Waals surface area contributed by atoms with Crippen LogP contribution in [0.25, 0.3) is 0 Å². The number of hydrogen-bond acceptors (Lipinski definition) is 3. The fourth-order valence-corrected chi connectivity index (χ4v) is 2.82. The van der Waals surface area contributed by atoms with Crippen LogP contribution in [0.1, 0.15) is 12.5 Å². The molecule has 20 heavy (non-hydrogen) atoms. The van der Waals surface area contributed by atoms with Crippen molar-refractivity contribution < 1.29 is 8.42 Å². The minimum absolute atomic E-state index is 0.111. The Kier molecular flexibility index (Phi) is 4.68. The maximum Gasteiger partial charge on any atom is 0.178 e. The molecule has 0 aliphatic rings. The Hall–Kier alpha value is -1.52. The molecule has 0 bridgehead atoms. The molecule has 0 aromatic heterocycles. The van der Waals surface area contributed by atoms with Crippen molar-refractivity contribution in [1.29, 1.82) is 0 Å². The molecule has 0 spiro atoms. The molecule has 0 fully saturated rings. The summed E-state index contributed by atoms with van der Waals surface area (Å²) in [6.45, 7) is 1.64. The van der Waals surface area contributed by atoms with E-state index in [9.17, 15) is 8.42 Å². The molecule has 0 aliphatic carbocycles. The van der Waals surface area contributed by atoms with Crippen LogP contribution in [0.15, 0.2) is 53.4 Å². The van der Waals surface area contributed by atoms with Crippen molar-refractivity contribution in [2.24, 2.45) is 0 Å². The van der Waals surface area contributed by atoms with Gasteiger partial charge in [0.15, 0.2) is 9.84 Å². The van der Waals surface area contributed by atoms with Crippen LogP contribution in [-0.4, -0.2) is 14.2 Å². The van der Waals surface area contributed by atoms with E-state index in [-0.39, 0.29) is 5.75 Å². The maximum atomic E-state index is 11.7. The Morgan fingerprint density at radius 1 is 0.950 bits per heavy atom. The number of anilines is 2. The van der Waals surface area contributed by atoms with E-state index < -0.39 is 9.84 Å². The largest absolute Gasteiger partial charge is 0.356 e. The molecule has 0 amide bonds. The highest BCUT2D eigenvalue weighted by Crippen LogP contribution is 2.20. The van der Waals surface area contributed by atoms with E-state index in [1.54, 1.807) is 31.2 Å². The zero-order chi connectivity index (χ0) is 14.6. The average Bonchev–Trinajstić information content (AvgIpc) is 2.48. The normalized spacial score (nSPS) is 11.3. The van der Waals surface area contributed by atoms with E-state index in [0.29, 0.717) is 10.8 Å². The molecule has 2 aromatic carbocycles. The van der Waals surface area contributed by atoms with E-state index >= 15 is 0 Å². The van der Waals surface area contributed by atoms with Gasteiger partial charge in [-0.15, -0.1) is 11.6 Å². The molecule has 0 aliphatic heterocycles. The molecule has 106 valence electrons. The van der Waals surface area contributed by atoms with E-state index in [4.69, 9.17) is 11.6 Å². The second-order valence-electron chi connectivity index (χ2n) is 4.38. The van der Waals surface area contributed by atoms with Crippen molar-refractivity contribution in [3.8, 4) is 0 Å². The maximum absolute atomic E-state index is 11.7. The summed E-state index contributed by atoms with van der Waals surface area (Å²) in [6, 6.07) is 14.5. The van der Waals surface area contributed by atoms with Gasteiger partial charge in [-0.25, -0.2) is 8.42 Å². The lowest BCUT2D eigenvalue weighted by atomic mass is 10.2. The van der Waals surface area contributed by atoms with Gasteiger partial charge in [0.1, 0.15) is 0 Å². The van der Waals surface area contributed by atoms with Gasteiger partial charge in [0.2, 0.25) is 0 Å². The third kappa shape index (κ3) is 3.52. The first-order valence-corrected chi connectivity index (χ1v) is 8.48. The van der Waals surface area contributed by atoms with Gasteiger partial charge >= 0.3 is 0 Å². The summed E-state index contributed by atoms with van der Waals surface area (Å²) in [4.78, 5) is 0.350. The topological polar surface area (TPSA) is 46.2 Å². The summed E-state index contributed by atoms with van der Waals surface area (Å²) in [6.07, 6.45) is 0. The lowest BCUT2D eigenvalue weighted by Crippen LogP contribution is -2.03. The van der Waals surface area contributed by atoms with Gasteiger partial charge in [0.25, 0.3) is 0 Å². The van der Waals surface area contributed by atoms with Crippen LogP contribution in [0, 0.1) is 0 Å². The predicted molar refractivity (Wildman–Crippen MR) is 83.5 cm³/mol. The first kappa shape index (κ1) is 14.9. The lowest BCUT2D eigenvalue weighted by molar-refractivity contribution is 0.597. The molecule has 0 saturated carbocycles. The monoisotopic (exact) mass is 309 g/mol. The number of benzene rings is 2. The number of hydrogen-bond donors (Lipinski definition) is 1. The zero-order valence-electron chi connectivity index (χ0n) is 11.1. The Morgan fingerprint density at radius 3 is 1.90 bits per heavy atom. The van der Waals surface area contributed by atoms with E-state index in [0.717, 1.165) is 16.9 Å². The summed E-state index contributed by atoms with van der Waals surface area (Å²) in [7, 11) is -3.14. The van der Waals surface area contributed by atoms with E-state index in [1.807, 2.05) is 24.3 Å². The third-order valence-electron chi connectivity index (χ3n) is 2.99. The van der Waals surface area contributed by atoms with Crippen molar-refractivity contribution in [2.75, 3.05) is 11.1 Å². The van der Waals surface area contributed by atoms with Crippen molar-refractivity contribution >= 4 is 32.8 Å². The van der Waals surface area contributed by atoms with Gasteiger partial charge in [0, 0.05) is 17.3 Å². The molecule has 0 unspecified atom stereocenters. The quantitative estimate of drug-likeness (QED) is 0.850. The highest BCUT2D eigenvalue weighted by Gasteiger charge is 2.10. The Morgan fingerprint density at radius 2 is 1.45 bits per heavy atom.